The second kappa shape index (κ2) is 7.68. The van der Waals surface area contributed by atoms with E-state index in [1.54, 1.807) is 18.2 Å². The predicted molar refractivity (Wildman–Crippen MR) is 92.6 cm³/mol. The summed E-state index contributed by atoms with van der Waals surface area (Å²) in [5.74, 6) is 1.03. The molecule has 0 aliphatic heterocycles. The van der Waals surface area contributed by atoms with Crippen molar-refractivity contribution in [1.82, 2.24) is 0 Å². The van der Waals surface area contributed by atoms with Crippen LogP contribution in [-0.4, -0.2) is 19.1 Å². The quantitative estimate of drug-likeness (QED) is 0.862. The summed E-state index contributed by atoms with van der Waals surface area (Å²) in [6.07, 6.45) is 0. The molecule has 0 aromatic heterocycles. The Kier molecular flexibility index (Phi) is 5.63. The van der Waals surface area contributed by atoms with Crippen molar-refractivity contribution in [1.29, 1.82) is 0 Å². The minimum Gasteiger partial charge on any atom is -0.494 e. The van der Waals surface area contributed by atoms with Crippen molar-refractivity contribution in [2.75, 3.05) is 18.5 Å². The van der Waals surface area contributed by atoms with Crippen molar-refractivity contribution in [3.05, 3.63) is 53.1 Å². The first-order valence-corrected chi connectivity index (χ1v) is 7.83. The smallest absolute Gasteiger partial charge is 0.259 e. The molecule has 2 aromatic rings. The number of carbonyl (C=O) groups is 1. The molecule has 0 saturated heterocycles. The van der Waals surface area contributed by atoms with Crippen LogP contribution in [-0.2, 0) is 0 Å². The Morgan fingerprint density at radius 2 is 1.74 bits per heavy atom. The Hall–Kier alpha value is -2.49. The Bertz CT molecular complexity index is 695. The Labute approximate surface area is 137 Å². The first kappa shape index (κ1) is 16.9. The van der Waals surface area contributed by atoms with Gasteiger partial charge in [0.15, 0.2) is 0 Å². The number of ether oxygens (including phenoxy) is 2. The van der Waals surface area contributed by atoms with Gasteiger partial charge in [0.1, 0.15) is 11.5 Å². The summed E-state index contributed by atoms with van der Waals surface area (Å²) in [6.45, 7) is 8.83. The Morgan fingerprint density at radius 1 is 1.00 bits per heavy atom. The number of anilines is 1. The highest BCUT2D eigenvalue weighted by atomic mass is 16.5. The zero-order valence-electron chi connectivity index (χ0n) is 14.1. The number of carbonyl (C=O) groups excluding carboxylic acids is 1. The van der Waals surface area contributed by atoms with E-state index in [-0.39, 0.29) is 5.91 Å². The molecule has 4 nitrogen and oxygen atoms in total. The van der Waals surface area contributed by atoms with E-state index < -0.39 is 0 Å². The van der Waals surface area contributed by atoms with Gasteiger partial charge in [-0.05, 0) is 57.0 Å². The molecule has 1 amide bonds. The van der Waals surface area contributed by atoms with E-state index in [4.69, 9.17) is 9.47 Å². The lowest BCUT2D eigenvalue weighted by atomic mass is 10.1. The molecule has 0 atom stereocenters. The van der Waals surface area contributed by atoms with Crippen LogP contribution in [0.4, 0.5) is 5.69 Å². The fraction of sp³-hybridized carbons (Fsp3) is 0.316. The standard InChI is InChI=1S/C19H23NO3/c1-5-22-15-9-10-16(18(12-15)23-6-2)19(21)20-17-11-13(3)7-8-14(17)4/h7-12H,5-6H2,1-4H3,(H,20,21). The van der Waals surface area contributed by atoms with Gasteiger partial charge in [-0.2, -0.15) is 0 Å². The Morgan fingerprint density at radius 3 is 2.43 bits per heavy atom. The molecule has 0 spiro atoms. The van der Waals surface area contributed by atoms with Gasteiger partial charge in [0.2, 0.25) is 0 Å². The maximum atomic E-state index is 12.6. The molecule has 0 fully saturated rings. The number of nitrogens with one attached hydrogen (secondary N) is 1. The van der Waals surface area contributed by atoms with Gasteiger partial charge in [-0.3, -0.25) is 4.79 Å². The van der Waals surface area contributed by atoms with Gasteiger partial charge in [0.25, 0.3) is 5.91 Å². The topological polar surface area (TPSA) is 47.6 Å². The molecule has 0 bridgehead atoms. The zero-order chi connectivity index (χ0) is 16.8. The molecule has 122 valence electrons. The normalized spacial score (nSPS) is 10.3. The maximum absolute atomic E-state index is 12.6. The predicted octanol–water partition coefficient (Wildman–Crippen LogP) is 4.35. The summed E-state index contributed by atoms with van der Waals surface area (Å²) in [4.78, 5) is 12.6. The SMILES string of the molecule is CCOc1ccc(C(=O)Nc2cc(C)ccc2C)c(OCC)c1. The van der Waals surface area contributed by atoms with E-state index in [0.717, 1.165) is 16.8 Å². The fourth-order valence-corrected chi connectivity index (χ4v) is 2.28. The van der Waals surface area contributed by atoms with Crippen LogP contribution in [0.3, 0.4) is 0 Å². The lowest BCUT2D eigenvalue weighted by molar-refractivity contribution is 0.102. The van der Waals surface area contributed by atoms with Crippen molar-refractivity contribution in [3.63, 3.8) is 0 Å². The molecule has 4 heteroatoms. The molecule has 0 radical (unpaired) electrons. The van der Waals surface area contributed by atoms with Crippen molar-refractivity contribution < 1.29 is 14.3 Å². The molecular formula is C19H23NO3. The van der Waals surface area contributed by atoms with Crippen LogP contribution < -0.4 is 14.8 Å². The maximum Gasteiger partial charge on any atom is 0.259 e. The molecule has 0 unspecified atom stereocenters. The molecule has 2 aromatic carbocycles. The van der Waals surface area contributed by atoms with E-state index in [1.165, 1.54) is 0 Å². The van der Waals surface area contributed by atoms with E-state index in [9.17, 15) is 4.79 Å². The monoisotopic (exact) mass is 313 g/mol. The van der Waals surface area contributed by atoms with Crippen LogP contribution in [0.25, 0.3) is 0 Å². The number of rotatable bonds is 6. The van der Waals surface area contributed by atoms with E-state index >= 15 is 0 Å². The lowest BCUT2D eigenvalue weighted by Gasteiger charge is -2.14. The molecule has 2 rings (SSSR count). The van der Waals surface area contributed by atoms with Gasteiger partial charge in [-0.25, -0.2) is 0 Å². The van der Waals surface area contributed by atoms with Crippen molar-refractivity contribution in [2.45, 2.75) is 27.7 Å². The van der Waals surface area contributed by atoms with E-state index in [0.29, 0.717) is 30.3 Å². The molecule has 1 N–H and O–H groups in total. The highest BCUT2D eigenvalue weighted by Gasteiger charge is 2.15. The molecule has 0 aliphatic rings. The summed E-state index contributed by atoms with van der Waals surface area (Å²) >= 11 is 0. The summed E-state index contributed by atoms with van der Waals surface area (Å²) in [5, 5.41) is 2.96. The van der Waals surface area contributed by atoms with Crippen LogP contribution in [0, 0.1) is 13.8 Å². The summed E-state index contributed by atoms with van der Waals surface area (Å²) in [5.41, 5.74) is 3.43. The number of hydrogen-bond acceptors (Lipinski definition) is 3. The number of aryl methyl sites for hydroxylation is 2. The van der Waals surface area contributed by atoms with Crippen molar-refractivity contribution in [2.24, 2.45) is 0 Å². The molecule has 0 heterocycles. The van der Waals surface area contributed by atoms with Gasteiger partial charge in [0, 0.05) is 11.8 Å². The average Bonchev–Trinajstić information content (AvgIpc) is 2.52. The first-order valence-electron chi connectivity index (χ1n) is 7.83. The van der Waals surface area contributed by atoms with Crippen LogP contribution in [0.5, 0.6) is 11.5 Å². The minimum atomic E-state index is -0.190. The van der Waals surface area contributed by atoms with Crippen LogP contribution in [0.2, 0.25) is 0 Å². The van der Waals surface area contributed by atoms with Crippen molar-refractivity contribution in [3.8, 4) is 11.5 Å². The Balaban J connectivity index is 2.29. The second-order valence-electron chi connectivity index (χ2n) is 5.30. The summed E-state index contributed by atoms with van der Waals surface area (Å²) < 4.78 is 11.1. The molecule has 0 aliphatic carbocycles. The zero-order valence-corrected chi connectivity index (χ0v) is 14.1. The van der Waals surface area contributed by atoms with Crippen LogP contribution in [0.15, 0.2) is 36.4 Å². The third-order valence-electron chi connectivity index (χ3n) is 3.45. The fourth-order valence-electron chi connectivity index (χ4n) is 2.28. The highest BCUT2D eigenvalue weighted by Crippen LogP contribution is 2.27. The molecular weight excluding hydrogens is 290 g/mol. The number of benzene rings is 2. The second-order valence-corrected chi connectivity index (χ2v) is 5.30. The molecule has 23 heavy (non-hydrogen) atoms. The number of hydrogen-bond donors (Lipinski definition) is 1. The van der Waals surface area contributed by atoms with Gasteiger partial charge >= 0.3 is 0 Å². The first-order chi connectivity index (χ1) is 11.0. The number of amides is 1. The van der Waals surface area contributed by atoms with Crippen LogP contribution >= 0.6 is 0 Å². The summed E-state index contributed by atoms with van der Waals surface area (Å²) in [6, 6.07) is 11.2. The molecule has 0 saturated carbocycles. The average molecular weight is 313 g/mol. The lowest BCUT2D eigenvalue weighted by Crippen LogP contribution is -2.14. The van der Waals surface area contributed by atoms with Gasteiger partial charge in [0.05, 0.1) is 18.8 Å². The van der Waals surface area contributed by atoms with E-state index in [1.807, 2.05) is 45.9 Å². The minimum absolute atomic E-state index is 0.190. The van der Waals surface area contributed by atoms with Crippen molar-refractivity contribution >= 4 is 11.6 Å². The third-order valence-corrected chi connectivity index (χ3v) is 3.45. The highest BCUT2D eigenvalue weighted by molar-refractivity contribution is 6.06. The largest absolute Gasteiger partial charge is 0.494 e. The van der Waals surface area contributed by atoms with Gasteiger partial charge in [-0.1, -0.05) is 12.1 Å². The van der Waals surface area contributed by atoms with Crippen LogP contribution in [0.1, 0.15) is 35.3 Å². The van der Waals surface area contributed by atoms with Gasteiger partial charge in [-0.15, -0.1) is 0 Å². The summed E-state index contributed by atoms with van der Waals surface area (Å²) in [7, 11) is 0. The third kappa shape index (κ3) is 4.25. The van der Waals surface area contributed by atoms with Gasteiger partial charge < -0.3 is 14.8 Å². The van der Waals surface area contributed by atoms with E-state index in [2.05, 4.69) is 5.32 Å².